The summed E-state index contributed by atoms with van der Waals surface area (Å²) in [6.07, 6.45) is 2.71. The van der Waals surface area contributed by atoms with Gasteiger partial charge in [-0.15, -0.1) is 0 Å². The van der Waals surface area contributed by atoms with E-state index in [0.29, 0.717) is 17.1 Å². The SMILES string of the molecule is CCCNC(C)c1c(F)cccc1Oc1cccnc1C. The normalized spacial score (nSPS) is 12.2. The van der Waals surface area contributed by atoms with Gasteiger partial charge in [-0.25, -0.2) is 4.39 Å². The fourth-order valence-electron chi connectivity index (χ4n) is 2.19. The molecule has 0 saturated carbocycles. The molecule has 112 valence electrons. The van der Waals surface area contributed by atoms with E-state index in [2.05, 4.69) is 17.2 Å². The van der Waals surface area contributed by atoms with Gasteiger partial charge in [0.05, 0.1) is 5.69 Å². The summed E-state index contributed by atoms with van der Waals surface area (Å²) in [5.41, 5.74) is 1.33. The monoisotopic (exact) mass is 288 g/mol. The number of rotatable bonds is 6. The Hall–Kier alpha value is -1.94. The number of hydrogen-bond donors (Lipinski definition) is 1. The number of ether oxygens (including phenoxy) is 1. The van der Waals surface area contributed by atoms with Crippen LogP contribution in [0.4, 0.5) is 4.39 Å². The highest BCUT2D eigenvalue weighted by Gasteiger charge is 2.17. The van der Waals surface area contributed by atoms with Crippen molar-refractivity contribution in [2.75, 3.05) is 6.54 Å². The molecule has 2 rings (SSSR count). The first-order valence-corrected chi connectivity index (χ1v) is 7.24. The fraction of sp³-hybridized carbons (Fsp3) is 0.353. The molecule has 2 aromatic rings. The maximum absolute atomic E-state index is 14.2. The molecule has 0 amide bonds. The molecule has 0 saturated heterocycles. The van der Waals surface area contributed by atoms with Gasteiger partial charge in [-0.1, -0.05) is 13.0 Å². The Morgan fingerprint density at radius 2 is 2.00 bits per heavy atom. The third-order valence-corrected chi connectivity index (χ3v) is 3.32. The van der Waals surface area contributed by atoms with Gasteiger partial charge in [0.25, 0.3) is 0 Å². The second kappa shape index (κ2) is 7.18. The zero-order valence-corrected chi connectivity index (χ0v) is 12.7. The number of benzene rings is 1. The molecule has 1 atom stereocenters. The molecule has 0 spiro atoms. The van der Waals surface area contributed by atoms with Gasteiger partial charge in [-0.3, -0.25) is 4.98 Å². The number of nitrogens with one attached hydrogen (secondary N) is 1. The molecule has 1 unspecified atom stereocenters. The molecule has 0 aliphatic rings. The summed E-state index contributed by atoms with van der Waals surface area (Å²) in [6, 6.07) is 8.43. The third kappa shape index (κ3) is 3.79. The molecular weight excluding hydrogens is 267 g/mol. The van der Waals surface area contributed by atoms with Crippen molar-refractivity contribution in [3.63, 3.8) is 0 Å². The second-order valence-corrected chi connectivity index (χ2v) is 5.02. The highest BCUT2D eigenvalue weighted by Crippen LogP contribution is 2.32. The summed E-state index contributed by atoms with van der Waals surface area (Å²) < 4.78 is 20.1. The molecule has 0 radical (unpaired) electrons. The molecule has 0 aliphatic heterocycles. The van der Waals surface area contributed by atoms with Gasteiger partial charge in [0.2, 0.25) is 0 Å². The predicted molar refractivity (Wildman–Crippen MR) is 82.2 cm³/mol. The van der Waals surface area contributed by atoms with Crippen molar-refractivity contribution in [1.82, 2.24) is 10.3 Å². The van der Waals surface area contributed by atoms with Crippen molar-refractivity contribution in [2.45, 2.75) is 33.2 Å². The minimum absolute atomic E-state index is 0.113. The number of nitrogens with zero attached hydrogens (tertiary/aromatic N) is 1. The summed E-state index contributed by atoms with van der Waals surface area (Å²) in [6.45, 7) is 6.72. The van der Waals surface area contributed by atoms with Crippen LogP contribution in [0.15, 0.2) is 36.5 Å². The Morgan fingerprint density at radius 3 is 2.71 bits per heavy atom. The first-order chi connectivity index (χ1) is 10.1. The quantitative estimate of drug-likeness (QED) is 0.856. The third-order valence-electron chi connectivity index (χ3n) is 3.32. The van der Waals surface area contributed by atoms with E-state index >= 15 is 0 Å². The van der Waals surface area contributed by atoms with E-state index in [1.165, 1.54) is 6.07 Å². The first-order valence-electron chi connectivity index (χ1n) is 7.24. The molecule has 1 N–H and O–H groups in total. The molecule has 4 heteroatoms. The van der Waals surface area contributed by atoms with Gasteiger partial charge >= 0.3 is 0 Å². The van der Waals surface area contributed by atoms with Crippen LogP contribution in [0.5, 0.6) is 11.5 Å². The number of hydrogen-bond acceptors (Lipinski definition) is 3. The van der Waals surface area contributed by atoms with Crippen molar-refractivity contribution in [3.05, 3.63) is 53.6 Å². The minimum atomic E-state index is -0.259. The first kappa shape index (κ1) is 15.4. The minimum Gasteiger partial charge on any atom is -0.455 e. The topological polar surface area (TPSA) is 34.1 Å². The summed E-state index contributed by atoms with van der Waals surface area (Å²) in [4.78, 5) is 4.19. The van der Waals surface area contributed by atoms with Crippen molar-refractivity contribution in [2.24, 2.45) is 0 Å². The van der Waals surface area contributed by atoms with Crippen molar-refractivity contribution in [3.8, 4) is 11.5 Å². The molecular formula is C17H21FN2O. The number of aromatic nitrogens is 1. The molecule has 1 aromatic heterocycles. The van der Waals surface area contributed by atoms with Crippen LogP contribution in [0.25, 0.3) is 0 Å². The van der Waals surface area contributed by atoms with Crippen LogP contribution in [0, 0.1) is 12.7 Å². The van der Waals surface area contributed by atoms with E-state index in [1.807, 2.05) is 19.9 Å². The van der Waals surface area contributed by atoms with Crippen molar-refractivity contribution < 1.29 is 9.13 Å². The molecule has 0 aliphatic carbocycles. The van der Waals surface area contributed by atoms with Gasteiger partial charge in [0, 0.05) is 17.8 Å². The zero-order valence-electron chi connectivity index (χ0n) is 12.7. The Labute approximate surface area is 125 Å². The molecule has 0 bridgehead atoms. The Kier molecular flexibility index (Phi) is 5.28. The summed E-state index contributed by atoms with van der Waals surface area (Å²) in [5, 5.41) is 3.29. The summed E-state index contributed by atoms with van der Waals surface area (Å²) >= 11 is 0. The van der Waals surface area contributed by atoms with Crippen LogP contribution in [0.1, 0.15) is 37.6 Å². The standard InChI is InChI=1S/C17H21FN2O/c1-4-10-19-13(3)17-14(18)7-5-8-16(17)21-15-9-6-11-20-12(15)2/h5-9,11,13,19H,4,10H2,1-3H3. The van der Waals surface area contributed by atoms with Gasteiger partial charge in [-0.05, 0) is 51.1 Å². The van der Waals surface area contributed by atoms with E-state index < -0.39 is 0 Å². The van der Waals surface area contributed by atoms with E-state index in [-0.39, 0.29) is 11.9 Å². The van der Waals surface area contributed by atoms with E-state index in [0.717, 1.165) is 18.7 Å². The Bertz CT molecular complexity index is 601. The molecule has 1 heterocycles. The lowest BCUT2D eigenvalue weighted by Crippen LogP contribution is -2.20. The number of pyridine rings is 1. The average molecular weight is 288 g/mol. The fourth-order valence-corrected chi connectivity index (χ4v) is 2.19. The second-order valence-electron chi connectivity index (χ2n) is 5.02. The zero-order chi connectivity index (χ0) is 15.2. The lowest BCUT2D eigenvalue weighted by molar-refractivity contribution is 0.441. The van der Waals surface area contributed by atoms with Crippen LogP contribution in [-0.2, 0) is 0 Å². The summed E-state index contributed by atoms with van der Waals surface area (Å²) in [7, 11) is 0. The lowest BCUT2D eigenvalue weighted by atomic mass is 10.1. The van der Waals surface area contributed by atoms with E-state index in [1.54, 1.807) is 24.4 Å². The average Bonchev–Trinajstić information content (AvgIpc) is 2.47. The van der Waals surface area contributed by atoms with Gasteiger partial charge in [-0.2, -0.15) is 0 Å². The number of halogens is 1. The van der Waals surface area contributed by atoms with Crippen LogP contribution < -0.4 is 10.1 Å². The van der Waals surface area contributed by atoms with Crippen LogP contribution in [0.2, 0.25) is 0 Å². The maximum atomic E-state index is 14.2. The highest BCUT2D eigenvalue weighted by atomic mass is 19.1. The predicted octanol–water partition coefficient (Wildman–Crippen LogP) is 4.38. The van der Waals surface area contributed by atoms with E-state index in [9.17, 15) is 4.39 Å². The molecule has 0 fully saturated rings. The Morgan fingerprint density at radius 1 is 1.24 bits per heavy atom. The molecule has 21 heavy (non-hydrogen) atoms. The molecule has 3 nitrogen and oxygen atoms in total. The van der Waals surface area contributed by atoms with E-state index in [4.69, 9.17) is 4.74 Å². The smallest absolute Gasteiger partial charge is 0.148 e. The lowest BCUT2D eigenvalue weighted by Gasteiger charge is -2.19. The van der Waals surface area contributed by atoms with Gasteiger partial charge in [0.1, 0.15) is 17.3 Å². The van der Waals surface area contributed by atoms with Crippen molar-refractivity contribution in [1.29, 1.82) is 0 Å². The summed E-state index contributed by atoms with van der Waals surface area (Å²) in [5.74, 6) is 0.916. The van der Waals surface area contributed by atoms with Crippen molar-refractivity contribution >= 4 is 0 Å². The Balaban J connectivity index is 2.31. The number of aryl methyl sites for hydroxylation is 1. The highest BCUT2D eigenvalue weighted by molar-refractivity contribution is 5.41. The van der Waals surface area contributed by atoms with Crippen LogP contribution in [0.3, 0.4) is 0 Å². The molecule has 1 aromatic carbocycles. The van der Waals surface area contributed by atoms with Gasteiger partial charge < -0.3 is 10.1 Å². The van der Waals surface area contributed by atoms with Crippen LogP contribution in [-0.4, -0.2) is 11.5 Å². The maximum Gasteiger partial charge on any atom is 0.148 e. The van der Waals surface area contributed by atoms with Crippen LogP contribution >= 0.6 is 0 Å². The van der Waals surface area contributed by atoms with Gasteiger partial charge in [0.15, 0.2) is 0 Å². The largest absolute Gasteiger partial charge is 0.455 e.